The molecule has 9 heteroatoms. The maximum Gasteiger partial charge on any atom is 0.341 e. The molecule has 0 aliphatic carbocycles. The van der Waals surface area contributed by atoms with Crippen molar-refractivity contribution < 1.29 is 19.4 Å². The number of carbonyl (C=O) groups is 2. The molecule has 2 aromatic carbocycles. The van der Waals surface area contributed by atoms with Gasteiger partial charge >= 0.3 is 5.97 Å². The molecular weight excluding hydrogens is 492 g/mol. The first kappa shape index (κ1) is 24.6. The summed E-state index contributed by atoms with van der Waals surface area (Å²) in [4.78, 5) is 23.3. The summed E-state index contributed by atoms with van der Waals surface area (Å²) in [6.45, 7) is 1.50. The molecule has 0 atom stereocenters. The highest BCUT2D eigenvalue weighted by Crippen LogP contribution is 2.45. The van der Waals surface area contributed by atoms with E-state index in [0.29, 0.717) is 17.2 Å². The van der Waals surface area contributed by atoms with Crippen molar-refractivity contribution >= 4 is 52.8 Å². The number of aliphatic carboxylic acids is 1. The van der Waals surface area contributed by atoms with E-state index in [-0.39, 0.29) is 15.6 Å². The van der Waals surface area contributed by atoms with Gasteiger partial charge in [-0.3, -0.25) is 9.10 Å². The number of rotatable bonds is 10. The normalized spacial score (nSPS) is 14.6. The third-order valence-corrected chi connectivity index (χ3v) is 8.30. The lowest BCUT2D eigenvalue weighted by molar-refractivity contribution is -0.139. The topological polar surface area (TPSA) is 78.9 Å². The van der Waals surface area contributed by atoms with E-state index in [2.05, 4.69) is 33.9 Å². The number of anilines is 1. The molecule has 178 valence electrons. The number of nitrogens with one attached hydrogen (secondary N) is 1. The minimum Gasteiger partial charge on any atom is -0.479 e. The number of carboxylic acids is 1. The van der Waals surface area contributed by atoms with Crippen molar-refractivity contribution in [3.05, 3.63) is 70.1 Å². The zero-order chi connectivity index (χ0) is 23.9. The second kappa shape index (κ2) is 11.8. The van der Waals surface area contributed by atoms with E-state index in [4.69, 9.17) is 21.4 Å². The minimum atomic E-state index is -1.13. The van der Waals surface area contributed by atoms with Gasteiger partial charge in [0.2, 0.25) is 0 Å². The Labute approximate surface area is 212 Å². The van der Waals surface area contributed by atoms with Gasteiger partial charge in [0.05, 0.1) is 4.88 Å². The molecule has 0 amide bonds. The number of halogens is 1. The monoisotopic (exact) mass is 516 g/mol. The molecule has 4 rings (SSSR count). The molecule has 6 nitrogen and oxygen atoms in total. The molecule has 0 bridgehead atoms. The third-order valence-electron chi connectivity index (χ3n) is 5.49. The van der Waals surface area contributed by atoms with Crippen LogP contribution in [0.5, 0.6) is 5.75 Å². The van der Waals surface area contributed by atoms with E-state index in [1.54, 1.807) is 0 Å². The quantitative estimate of drug-likeness (QED) is 0.250. The Morgan fingerprint density at radius 2 is 1.97 bits per heavy atom. The van der Waals surface area contributed by atoms with Crippen LogP contribution in [0.15, 0.2) is 54.6 Å². The number of benzene rings is 2. The number of ether oxygens (including phenoxy) is 1. The fourth-order valence-electron chi connectivity index (χ4n) is 3.80. The molecule has 34 heavy (non-hydrogen) atoms. The number of hydrogen-bond donors (Lipinski definition) is 2. The molecule has 0 spiro atoms. The molecular formula is C25H25ClN2O4S2. The van der Waals surface area contributed by atoms with Crippen LogP contribution in [-0.4, -0.2) is 47.4 Å². The maximum atomic E-state index is 11.5. The van der Waals surface area contributed by atoms with Crippen molar-refractivity contribution in [2.75, 3.05) is 25.0 Å². The first-order valence-electron chi connectivity index (χ1n) is 10.9. The van der Waals surface area contributed by atoms with Crippen LogP contribution >= 0.6 is 34.9 Å². The summed E-state index contributed by atoms with van der Waals surface area (Å²) >= 11 is 9.55. The van der Waals surface area contributed by atoms with Crippen molar-refractivity contribution in [2.24, 2.45) is 0 Å². The van der Waals surface area contributed by atoms with Gasteiger partial charge < -0.3 is 15.2 Å². The van der Waals surface area contributed by atoms with E-state index in [0.717, 1.165) is 42.9 Å². The number of aldehydes is 1. The van der Waals surface area contributed by atoms with Gasteiger partial charge in [-0.15, -0.1) is 11.3 Å². The SMILES string of the molecule is O=Cc1sc(-c2cccc(NC3CCN(SCc4ccccc4)CC3)c2)c(Cl)c1OCC(=O)O. The van der Waals surface area contributed by atoms with Crippen LogP contribution in [-0.2, 0) is 10.5 Å². The van der Waals surface area contributed by atoms with E-state index >= 15 is 0 Å². The highest BCUT2D eigenvalue weighted by atomic mass is 35.5. The summed E-state index contributed by atoms with van der Waals surface area (Å²) in [6, 6.07) is 18.8. The predicted molar refractivity (Wildman–Crippen MR) is 139 cm³/mol. The van der Waals surface area contributed by atoms with Crippen LogP contribution in [0.1, 0.15) is 28.1 Å². The summed E-state index contributed by atoms with van der Waals surface area (Å²) in [6.07, 6.45) is 2.74. The highest BCUT2D eigenvalue weighted by molar-refractivity contribution is 7.96. The summed E-state index contributed by atoms with van der Waals surface area (Å²) in [5.41, 5.74) is 3.17. The van der Waals surface area contributed by atoms with E-state index in [1.807, 2.05) is 42.3 Å². The lowest BCUT2D eigenvalue weighted by Gasteiger charge is -2.32. The van der Waals surface area contributed by atoms with Crippen molar-refractivity contribution in [3.63, 3.8) is 0 Å². The molecule has 2 N–H and O–H groups in total. The van der Waals surface area contributed by atoms with Crippen LogP contribution in [0.2, 0.25) is 5.02 Å². The molecule has 0 saturated carbocycles. The van der Waals surface area contributed by atoms with Gasteiger partial charge in [-0.2, -0.15) is 0 Å². The molecule has 1 aliphatic heterocycles. The summed E-state index contributed by atoms with van der Waals surface area (Å²) < 4.78 is 7.69. The van der Waals surface area contributed by atoms with Gasteiger partial charge in [-0.1, -0.05) is 66.0 Å². The zero-order valence-corrected chi connectivity index (χ0v) is 20.8. The summed E-state index contributed by atoms with van der Waals surface area (Å²) in [5.74, 6) is -0.0158. The molecule has 0 radical (unpaired) electrons. The molecule has 1 aromatic heterocycles. The van der Waals surface area contributed by atoms with Crippen LogP contribution in [0, 0.1) is 0 Å². The lowest BCUT2D eigenvalue weighted by Crippen LogP contribution is -2.35. The Balaban J connectivity index is 1.36. The number of carboxylic acid groups (broad SMARTS) is 1. The second-order valence-electron chi connectivity index (χ2n) is 7.93. The molecule has 1 fully saturated rings. The van der Waals surface area contributed by atoms with Crippen molar-refractivity contribution in [1.29, 1.82) is 0 Å². The van der Waals surface area contributed by atoms with Crippen LogP contribution in [0.25, 0.3) is 10.4 Å². The summed E-state index contributed by atoms with van der Waals surface area (Å²) in [7, 11) is 0. The Morgan fingerprint density at radius 1 is 1.21 bits per heavy atom. The van der Waals surface area contributed by atoms with Gasteiger partial charge in [0.1, 0.15) is 9.90 Å². The van der Waals surface area contributed by atoms with Gasteiger partial charge in [0.25, 0.3) is 0 Å². The van der Waals surface area contributed by atoms with Crippen LogP contribution < -0.4 is 10.1 Å². The Bertz CT molecular complexity index is 1130. The predicted octanol–water partition coefficient (Wildman–Crippen LogP) is 6.07. The van der Waals surface area contributed by atoms with E-state index < -0.39 is 12.6 Å². The Kier molecular flexibility index (Phi) is 8.50. The molecule has 1 saturated heterocycles. The van der Waals surface area contributed by atoms with E-state index in [1.165, 1.54) is 16.9 Å². The van der Waals surface area contributed by atoms with Crippen molar-refractivity contribution in [1.82, 2.24) is 4.31 Å². The molecule has 0 unspecified atom stereocenters. The number of nitrogens with zero attached hydrogens (tertiary/aromatic N) is 1. The first-order valence-corrected chi connectivity index (χ1v) is 13.1. The maximum absolute atomic E-state index is 11.5. The van der Waals surface area contributed by atoms with Gasteiger partial charge in [-0.05, 0) is 36.1 Å². The minimum absolute atomic E-state index is 0.123. The Morgan fingerprint density at radius 3 is 2.68 bits per heavy atom. The molecule has 1 aliphatic rings. The molecule has 3 aromatic rings. The van der Waals surface area contributed by atoms with Gasteiger partial charge in [-0.25, -0.2) is 4.79 Å². The lowest BCUT2D eigenvalue weighted by atomic mass is 10.1. The van der Waals surface area contributed by atoms with E-state index in [9.17, 15) is 9.59 Å². The number of piperidine rings is 1. The average molecular weight is 517 g/mol. The van der Waals surface area contributed by atoms with Crippen molar-refractivity contribution in [3.8, 4) is 16.2 Å². The second-order valence-corrected chi connectivity index (χ2v) is 10.4. The Hall–Kier alpha value is -2.52. The van der Waals surface area contributed by atoms with Gasteiger partial charge in [0.15, 0.2) is 18.6 Å². The number of carbonyl (C=O) groups excluding carboxylic acids is 1. The highest BCUT2D eigenvalue weighted by Gasteiger charge is 2.22. The smallest absolute Gasteiger partial charge is 0.341 e. The fraction of sp³-hybridized carbons (Fsp3) is 0.280. The fourth-order valence-corrected chi connectivity index (χ4v) is 6.18. The standard InChI is InChI=1S/C25H25ClN2O4S2/c26-23-24(32-15-22(30)31)21(14-29)34-25(23)18-7-4-8-20(13-18)27-19-9-11-28(12-10-19)33-16-17-5-2-1-3-6-17/h1-8,13-14,19,27H,9-12,15-16H2,(H,30,31). The average Bonchev–Trinajstić information content (AvgIpc) is 3.18. The largest absolute Gasteiger partial charge is 0.479 e. The zero-order valence-electron chi connectivity index (χ0n) is 18.4. The number of thiophene rings is 1. The first-order chi connectivity index (χ1) is 16.5. The number of hydrogen-bond acceptors (Lipinski definition) is 7. The van der Waals surface area contributed by atoms with Crippen LogP contribution in [0.4, 0.5) is 5.69 Å². The molecule has 2 heterocycles. The van der Waals surface area contributed by atoms with Crippen molar-refractivity contribution in [2.45, 2.75) is 24.6 Å². The third kappa shape index (κ3) is 6.33. The van der Waals surface area contributed by atoms with Gasteiger partial charge in [0, 0.05) is 30.6 Å². The summed E-state index contributed by atoms with van der Waals surface area (Å²) in [5, 5.41) is 12.8. The van der Waals surface area contributed by atoms with Crippen LogP contribution in [0.3, 0.4) is 0 Å².